The van der Waals surface area contributed by atoms with Crippen LogP contribution in [0.1, 0.15) is 27.2 Å². The van der Waals surface area contributed by atoms with E-state index in [2.05, 4.69) is 17.2 Å². The Labute approximate surface area is 77.3 Å². The summed E-state index contributed by atoms with van der Waals surface area (Å²) in [6.45, 7) is 4.82. The number of amides is 1. The van der Waals surface area contributed by atoms with Crippen molar-refractivity contribution in [3.63, 3.8) is 0 Å². The molecule has 2 N–H and O–H groups in total. The Morgan fingerprint density at radius 3 is 2.38 bits per heavy atom. The fourth-order valence-corrected chi connectivity index (χ4v) is 0.874. The molecule has 0 saturated heterocycles. The zero-order valence-electron chi connectivity index (χ0n) is 7.97. The van der Waals surface area contributed by atoms with E-state index in [1.54, 1.807) is 20.8 Å². The summed E-state index contributed by atoms with van der Waals surface area (Å²) in [6.07, 6.45) is -0.121. The number of hydrogen-bond acceptors (Lipinski definition) is 2. The Balaban J connectivity index is 4.21. The van der Waals surface area contributed by atoms with Crippen molar-refractivity contribution in [2.75, 3.05) is 0 Å². The van der Waals surface area contributed by atoms with Crippen LogP contribution in [0, 0.1) is 11.8 Å². The minimum Gasteiger partial charge on any atom is -0.481 e. The first-order chi connectivity index (χ1) is 5.87. The van der Waals surface area contributed by atoms with Gasteiger partial charge in [-0.2, -0.15) is 0 Å². The maximum absolute atomic E-state index is 11.0. The molecule has 0 unspecified atom stereocenters. The van der Waals surface area contributed by atoms with Crippen LogP contribution in [0.15, 0.2) is 0 Å². The summed E-state index contributed by atoms with van der Waals surface area (Å²) in [4.78, 5) is 21.3. The van der Waals surface area contributed by atoms with Crippen LogP contribution in [0.3, 0.4) is 0 Å². The maximum Gasteiger partial charge on any atom is 0.305 e. The van der Waals surface area contributed by atoms with Crippen molar-refractivity contribution in [1.29, 1.82) is 0 Å². The lowest BCUT2D eigenvalue weighted by Crippen LogP contribution is -2.44. The fraction of sp³-hybridized carbons (Fsp3) is 0.556. The molecule has 0 aromatic heterocycles. The van der Waals surface area contributed by atoms with E-state index in [0.29, 0.717) is 0 Å². The van der Waals surface area contributed by atoms with Gasteiger partial charge in [0.2, 0.25) is 0 Å². The summed E-state index contributed by atoms with van der Waals surface area (Å²) >= 11 is 0. The second kappa shape index (κ2) is 4.51. The summed E-state index contributed by atoms with van der Waals surface area (Å²) in [7, 11) is 0. The molecular weight excluding hydrogens is 170 g/mol. The van der Waals surface area contributed by atoms with Gasteiger partial charge in [-0.1, -0.05) is 5.92 Å². The molecule has 0 aromatic carbocycles. The third kappa shape index (κ3) is 5.74. The highest BCUT2D eigenvalue weighted by Crippen LogP contribution is 2.07. The molecule has 0 aromatic rings. The summed E-state index contributed by atoms with van der Waals surface area (Å²) in [5, 5.41) is 11.0. The van der Waals surface area contributed by atoms with Crippen molar-refractivity contribution in [2.45, 2.75) is 32.7 Å². The molecule has 0 aliphatic rings. The highest BCUT2D eigenvalue weighted by molar-refractivity contribution is 5.94. The number of hydrogen-bond donors (Lipinski definition) is 2. The van der Waals surface area contributed by atoms with E-state index >= 15 is 0 Å². The molecule has 0 spiro atoms. The Morgan fingerprint density at radius 2 is 2.00 bits per heavy atom. The van der Waals surface area contributed by atoms with Gasteiger partial charge in [0.1, 0.15) is 0 Å². The van der Waals surface area contributed by atoms with Gasteiger partial charge in [-0.15, -0.1) is 0 Å². The van der Waals surface area contributed by atoms with Crippen LogP contribution in [-0.4, -0.2) is 22.5 Å². The van der Waals surface area contributed by atoms with Gasteiger partial charge in [0.25, 0.3) is 5.91 Å². The first-order valence-electron chi connectivity index (χ1n) is 3.84. The van der Waals surface area contributed by atoms with Crippen molar-refractivity contribution >= 4 is 11.9 Å². The molecule has 4 nitrogen and oxygen atoms in total. The van der Waals surface area contributed by atoms with Crippen molar-refractivity contribution in [2.24, 2.45) is 0 Å². The molecule has 0 saturated carbocycles. The minimum absolute atomic E-state index is 0.121. The Morgan fingerprint density at radius 1 is 1.46 bits per heavy atom. The standard InChI is InChI=1S/C9H13NO3/c1-4-5-7(11)10-9(2,3)6-8(12)13/h6H2,1-3H3,(H,10,11)(H,12,13). The van der Waals surface area contributed by atoms with Crippen molar-refractivity contribution < 1.29 is 14.7 Å². The molecule has 0 heterocycles. The van der Waals surface area contributed by atoms with Crippen LogP contribution in [-0.2, 0) is 9.59 Å². The highest BCUT2D eigenvalue weighted by Gasteiger charge is 2.22. The predicted molar refractivity (Wildman–Crippen MR) is 47.9 cm³/mol. The molecule has 72 valence electrons. The zero-order chi connectivity index (χ0) is 10.5. The number of carboxylic acids is 1. The van der Waals surface area contributed by atoms with E-state index in [9.17, 15) is 9.59 Å². The summed E-state index contributed by atoms with van der Waals surface area (Å²) in [5.41, 5.74) is -0.757. The van der Waals surface area contributed by atoms with Crippen LogP contribution >= 0.6 is 0 Å². The molecule has 0 aliphatic carbocycles. The number of carboxylic acid groups (broad SMARTS) is 1. The second-order valence-corrected chi connectivity index (χ2v) is 3.28. The average molecular weight is 183 g/mol. The molecular formula is C9H13NO3. The van der Waals surface area contributed by atoms with Crippen LogP contribution in [0.25, 0.3) is 0 Å². The van der Waals surface area contributed by atoms with Gasteiger partial charge in [-0.25, -0.2) is 0 Å². The molecule has 0 rings (SSSR count). The van der Waals surface area contributed by atoms with Crippen molar-refractivity contribution in [3.8, 4) is 11.8 Å². The van der Waals surface area contributed by atoms with E-state index in [1.807, 2.05) is 0 Å². The molecule has 1 amide bonds. The Hall–Kier alpha value is -1.50. The quantitative estimate of drug-likeness (QED) is 0.621. The smallest absolute Gasteiger partial charge is 0.305 e. The van der Waals surface area contributed by atoms with Crippen LogP contribution in [0.2, 0.25) is 0 Å². The molecule has 0 bridgehead atoms. The average Bonchev–Trinajstić information content (AvgIpc) is 1.81. The monoisotopic (exact) mass is 183 g/mol. The largest absolute Gasteiger partial charge is 0.481 e. The van der Waals surface area contributed by atoms with E-state index < -0.39 is 17.4 Å². The zero-order valence-corrected chi connectivity index (χ0v) is 7.97. The number of nitrogens with one attached hydrogen (secondary N) is 1. The molecule has 4 heteroatoms. The SMILES string of the molecule is CC#CC(=O)NC(C)(C)CC(=O)O. The van der Waals surface area contributed by atoms with Gasteiger partial charge in [-0.3, -0.25) is 9.59 Å². The lowest BCUT2D eigenvalue weighted by Gasteiger charge is -2.22. The van der Waals surface area contributed by atoms with Crippen LogP contribution < -0.4 is 5.32 Å². The summed E-state index contributed by atoms with van der Waals surface area (Å²) in [5.74, 6) is 3.32. The van der Waals surface area contributed by atoms with Gasteiger partial charge >= 0.3 is 5.97 Å². The topological polar surface area (TPSA) is 66.4 Å². The summed E-state index contributed by atoms with van der Waals surface area (Å²) < 4.78 is 0. The maximum atomic E-state index is 11.0. The lowest BCUT2D eigenvalue weighted by atomic mass is 10.0. The highest BCUT2D eigenvalue weighted by atomic mass is 16.4. The van der Waals surface area contributed by atoms with Crippen LogP contribution in [0.5, 0.6) is 0 Å². The second-order valence-electron chi connectivity index (χ2n) is 3.28. The predicted octanol–water partition coefficient (Wildman–Crippen LogP) is 0.379. The van der Waals surface area contributed by atoms with E-state index in [1.165, 1.54) is 0 Å². The van der Waals surface area contributed by atoms with Crippen LogP contribution in [0.4, 0.5) is 0 Å². The van der Waals surface area contributed by atoms with Gasteiger partial charge < -0.3 is 10.4 Å². The summed E-state index contributed by atoms with van der Waals surface area (Å²) in [6, 6.07) is 0. The van der Waals surface area contributed by atoms with E-state index in [4.69, 9.17) is 5.11 Å². The van der Waals surface area contributed by atoms with E-state index in [-0.39, 0.29) is 6.42 Å². The van der Waals surface area contributed by atoms with Crippen molar-refractivity contribution in [1.82, 2.24) is 5.32 Å². The lowest BCUT2D eigenvalue weighted by molar-refractivity contribution is -0.138. The van der Waals surface area contributed by atoms with Gasteiger partial charge in [-0.05, 0) is 26.7 Å². The first-order valence-corrected chi connectivity index (χ1v) is 3.84. The molecule has 0 fully saturated rings. The van der Waals surface area contributed by atoms with Gasteiger partial charge in [0.05, 0.1) is 6.42 Å². The number of carbonyl (C=O) groups excluding carboxylic acids is 1. The molecule has 0 atom stereocenters. The van der Waals surface area contributed by atoms with Gasteiger partial charge in [0, 0.05) is 5.54 Å². The Kier molecular flexibility index (Phi) is 3.99. The first kappa shape index (κ1) is 11.5. The molecule has 0 radical (unpaired) electrons. The Bertz CT molecular complexity index is 270. The fourth-order valence-electron chi connectivity index (χ4n) is 0.874. The molecule has 0 aliphatic heterocycles. The van der Waals surface area contributed by atoms with Crippen molar-refractivity contribution in [3.05, 3.63) is 0 Å². The minimum atomic E-state index is -0.949. The number of carbonyl (C=O) groups is 2. The van der Waals surface area contributed by atoms with Gasteiger partial charge in [0.15, 0.2) is 0 Å². The molecule has 13 heavy (non-hydrogen) atoms. The third-order valence-corrected chi connectivity index (χ3v) is 1.28. The number of aliphatic carboxylic acids is 1. The normalized spacial score (nSPS) is 9.77. The van der Waals surface area contributed by atoms with E-state index in [0.717, 1.165) is 0 Å². The third-order valence-electron chi connectivity index (χ3n) is 1.28. The number of rotatable bonds is 3.